The van der Waals surface area contributed by atoms with E-state index in [9.17, 15) is 9.18 Å². The summed E-state index contributed by atoms with van der Waals surface area (Å²) in [7, 11) is 0. The third-order valence-corrected chi connectivity index (χ3v) is 3.73. The molecule has 0 fully saturated rings. The van der Waals surface area contributed by atoms with Gasteiger partial charge in [-0.25, -0.2) is 4.39 Å². The zero-order valence-corrected chi connectivity index (χ0v) is 12.9. The number of carbonyl (C=O) groups excluding carboxylic acids is 1. The molecule has 0 bridgehead atoms. The number of benzene rings is 1. The van der Waals surface area contributed by atoms with Gasteiger partial charge in [-0.15, -0.1) is 0 Å². The molecule has 3 rings (SSSR count). The molecule has 2 aromatic heterocycles. The van der Waals surface area contributed by atoms with Gasteiger partial charge in [-0.1, -0.05) is 18.2 Å². The Hall–Kier alpha value is -3.08. The number of nitrogens with one attached hydrogen (secondary N) is 1. The molecular formula is C19H16FN3O. The first-order valence-electron chi connectivity index (χ1n) is 7.58. The molecular weight excluding hydrogens is 305 g/mol. The van der Waals surface area contributed by atoms with Crippen molar-refractivity contribution in [2.24, 2.45) is 0 Å². The molecule has 2 heterocycles. The molecule has 1 aromatic carbocycles. The Balaban J connectivity index is 1.80. The molecule has 5 heteroatoms. The van der Waals surface area contributed by atoms with Gasteiger partial charge in [-0.2, -0.15) is 0 Å². The number of amides is 1. The van der Waals surface area contributed by atoms with Gasteiger partial charge < -0.3 is 5.32 Å². The van der Waals surface area contributed by atoms with Crippen LogP contribution in [0.4, 0.5) is 4.39 Å². The summed E-state index contributed by atoms with van der Waals surface area (Å²) in [5, 5.41) is 2.91. The largest absolute Gasteiger partial charge is 0.351 e. The summed E-state index contributed by atoms with van der Waals surface area (Å²) in [6, 6.07) is 15.2. The fourth-order valence-electron chi connectivity index (χ4n) is 2.47. The minimum absolute atomic E-state index is 0.155. The lowest BCUT2D eigenvalue weighted by atomic mass is 9.95. The highest BCUT2D eigenvalue weighted by Crippen LogP contribution is 2.22. The second kappa shape index (κ2) is 7.46. The van der Waals surface area contributed by atoms with Crippen LogP contribution in [0, 0.1) is 5.82 Å². The van der Waals surface area contributed by atoms with Crippen molar-refractivity contribution in [3.63, 3.8) is 0 Å². The van der Waals surface area contributed by atoms with Crippen LogP contribution in [0.5, 0.6) is 0 Å². The lowest BCUT2D eigenvalue weighted by molar-refractivity contribution is 0.0952. The SMILES string of the molecule is O=C(NCC(c1ccc(F)cc1)c1ccccn1)c1ccncc1. The van der Waals surface area contributed by atoms with E-state index in [0.717, 1.165) is 11.3 Å². The highest BCUT2D eigenvalue weighted by atomic mass is 19.1. The minimum Gasteiger partial charge on any atom is -0.351 e. The van der Waals surface area contributed by atoms with Crippen LogP contribution in [-0.4, -0.2) is 22.4 Å². The molecule has 24 heavy (non-hydrogen) atoms. The molecule has 0 aliphatic rings. The molecule has 120 valence electrons. The van der Waals surface area contributed by atoms with E-state index in [0.29, 0.717) is 12.1 Å². The average Bonchev–Trinajstić information content (AvgIpc) is 2.65. The van der Waals surface area contributed by atoms with Crippen molar-refractivity contribution >= 4 is 5.91 Å². The van der Waals surface area contributed by atoms with Crippen LogP contribution in [-0.2, 0) is 0 Å². The molecule has 4 nitrogen and oxygen atoms in total. The van der Waals surface area contributed by atoms with E-state index in [-0.39, 0.29) is 17.6 Å². The Labute approximate surface area is 139 Å². The first-order valence-corrected chi connectivity index (χ1v) is 7.58. The van der Waals surface area contributed by atoms with Crippen LogP contribution >= 0.6 is 0 Å². The van der Waals surface area contributed by atoms with Crippen LogP contribution in [0.15, 0.2) is 73.2 Å². The maximum Gasteiger partial charge on any atom is 0.251 e. The summed E-state index contributed by atoms with van der Waals surface area (Å²) in [6.45, 7) is 0.365. The number of rotatable bonds is 5. The monoisotopic (exact) mass is 321 g/mol. The Kier molecular flexibility index (Phi) is 4.91. The van der Waals surface area contributed by atoms with Crippen LogP contribution < -0.4 is 5.32 Å². The Morgan fingerprint density at radius 3 is 2.42 bits per heavy atom. The van der Waals surface area contributed by atoms with Gasteiger partial charge in [0.25, 0.3) is 5.91 Å². The number of nitrogens with zero attached hydrogens (tertiary/aromatic N) is 2. The van der Waals surface area contributed by atoms with E-state index in [2.05, 4.69) is 15.3 Å². The standard InChI is InChI=1S/C19H16FN3O/c20-16-6-4-14(5-7-16)17(18-3-1-2-10-22-18)13-23-19(24)15-8-11-21-12-9-15/h1-12,17H,13H2,(H,23,24). The van der Waals surface area contributed by atoms with E-state index >= 15 is 0 Å². The number of pyridine rings is 2. The summed E-state index contributed by atoms with van der Waals surface area (Å²) in [4.78, 5) is 20.5. The van der Waals surface area contributed by atoms with Crippen LogP contribution in [0.2, 0.25) is 0 Å². The van der Waals surface area contributed by atoms with E-state index < -0.39 is 0 Å². The van der Waals surface area contributed by atoms with E-state index in [1.807, 2.05) is 18.2 Å². The third-order valence-electron chi connectivity index (χ3n) is 3.73. The molecule has 0 spiro atoms. The Morgan fingerprint density at radius 2 is 1.75 bits per heavy atom. The van der Waals surface area contributed by atoms with E-state index in [1.54, 1.807) is 42.9 Å². The predicted octanol–water partition coefficient (Wildman–Crippen LogP) is 3.18. The summed E-state index contributed by atoms with van der Waals surface area (Å²) >= 11 is 0. The van der Waals surface area contributed by atoms with Crippen molar-refractivity contribution in [3.05, 3.63) is 95.8 Å². The van der Waals surface area contributed by atoms with Crippen LogP contribution in [0.25, 0.3) is 0 Å². The van der Waals surface area contributed by atoms with Crippen molar-refractivity contribution in [1.29, 1.82) is 0 Å². The van der Waals surface area contributed by atoms with Crippen LogP contribution in [0.1, 0.15) is 27.5 Å². The molecule has 0 aliphatic carbocycles. The summed E-state index contributed by atoms with van der Waals surface area (Å²) in [5.41, 5.74) is 2.26. The average molecular weight is 321 g/mol. The molecule has 1 N–H and O–H groups in total. The predicted molar refractivity (Wildman–Crippen MR) is 89.1 cm³/mol. The van der Waals surface area contributed by atoms with Gasteiger partial charge in [0.2, 0.25) is 0 Å². The number of halogens is 1. The fourth-order valence-corrected chi connectivity index (χ4v) is 2.47. The van der Waals surface area contributed by atoms with Crippen molar-refractivity contribution in [1.82, 2.24) is 15.3 Å². The van der Waals surface area contributed by atoms with Gasteiger partial charge in [0.15, 0.2) is 0 Å². The fraction of sp³-hybridized carbons (Fsp3) is 0.105. The van der Waals surface area contributed by atoms with Gasteiger partial charge in [0.1, 0.15) is 5.82 Å². The summed E-state index contributed by atoms with van der Waals surface area (Å²) in [6.07, 6.45) is 4.85. The molecule has 1 atom stereocenters. The summed E-state index contributed by atoms with van der Waals surface area (Å²) in [5.74, 6) is -0.627. The second-order valence-electron chi connectivity index (χ2n) is 5.30. The molecule has 1 amide bonds. The van der Waals surface area contributed by atoms with Crippen LogP contribution in [0.3, 0.4) is 0 Å². The second-order valence-corrected chi connectivity index (χ2v) is 5.30. The topological polar surface area (TPSA) is 54.9 Å². The molecule has 3 aromatic rings. The van der Waals surface area contributed by atoms with Crippen molar-refractivity contribution in [2.75, 3.05) is 6.54 Å². The highest BCUT2D eigenvalue weighted by molar-refractivity contribution is 5.94. The molecule has 0 aliphatic heterocycles. The molecule has 1 unspecified atom stereocenters. The highest BCUT2D eigenvalue weighted by Gasteiger charge is 2.17. The Morgan fingerprint density at radius 1 is 1.00 bits per heavy atom. The smallest absolute Gasteiger partial charge is 0.251 e. The van der Waals surface area contributed by atoms with Gasteiger partial charge >= 0.3 is 0 Å². The van der Waals surface area contributed by atoms with Gasteiger partial charge in [-0.3, -0.25) is 14.8 Å². The third kappa shape index (κ3) is 3.81. The number of hydrogen-bond donors (Lipinski definition) is 1. The molecule has 0 saturated carbocycles. The van der Waals surface area contributed by atoms with Gasteiger partial charge in [-0.05, 0) is 42.0 Å². The lowest BCUT2D eigenvalue weighted by Crippen LogP contribution is -2.29. The molecule has 0 saturated heterocycles. The zero-order valence-electron chi connectivity index (χ0n) is 12.9. The quantitative estimate of drug-likeness (QED) is 0.785. The summed E-state index contributed by atoms with van der Waals surface area (Å²) < 4.78 is 13.2. The van der Waals surface area contributed by atoms with Crippen molar-refractivity contribution < 1.29 is 9.18 Å². The number of carbonyl (C=O) groups is 1. The minimum atomic E-state index is -0.292. The first kappa shape index (κ1) is 15.8. The van der Waals surface area contributed by atoms with E-state index in [4.69, 9.17) is 0 Å². The normalized spacial score (nSPS) is 11.7. The zero-order chi connectivity index (χ0) is 16.8. The first-order chi connectivity index (χ1) is 11.7. The maximum atomic E-state index is 13.2. The van der Waals surface area contributed by atoms with Gasteiger partial charge in [0, 0.05) is 42.3 Å². The van der Waals surface area contributed by atoms with Gasteiger partial charge in [0.05, 0.1) is 0 Å². The number of aromatic nitrogens is 2. The van der Waals surface area contributed by atoms with E-state index in [1.165, 1.54) is 12.1 Å². The Bertz CT molecular complexity index is 792. The maximum absolute atomic E-state index is 13.2. The number of hydrogen-bond acceptors (Lipinski definition) is 3. The lowest BCUT2D eigenvalue weighted by Gasteiger charge is -2.18. The molecule has 0 radical (unpaired) electrons. The van der Waals surface area contributed by atoms with Crippen molar-refractivity contribution in [2.45, 2.75) is 5.92 Å². The van der Waals surface area contributed by atoms with Crippen molar-refractivity contribution in [3.8, 4) is 0 Å².